The Kier molecular flexibility index (Phi) is 10.2. The van der Waals surface area contributed by atoms with Gasteiger partial charge in [0, 0.05) is 49.7 Å². The van der Waals surface area contributed by atoms with Crippen molar-refractivity contribution in [3.05, 3.63) is 285 Å². The molecule has 0 aliphatic rings. The van der Waals surface area contributed by atoms with E-state index in [4.69, 9.17) is 0 Å². The summed E-state index contributed by atoms with van der Waals surface area (Å²) in [4.78, 5) is 2.32. The van der Waals surface area contributed by atoms with Gasteiger partial charge in [-0.1, -0.05) is 176 Å². The van der Waals surface area contributed by atoms with E-state index in [1.807, 2.05) is 0 Å². The number of para-hydroxylation sites is 4. The molecule has 0 aliphatic carbocycles. The van der Waals surface area contributed by atoms with Crippen LogP contribution >= 0.6 is 0 Å². The summed E-state index contributed by atoms with van der Waals surface area (Å²) in [5.74, 6) is 0. The van der Waals surface area contributed by atoms with E-state index < -0.39 is 0 Å². The quantitative estimate of drug-likeness (QED) is 0.141. The van der Waals surface area contributed by atoms with E-state index in [1.54, 1.807) is 0 Å². The summed E-state index contributed by atoms with van der Waals surface area (Å²) in [5.41, 5.74) is 19.8. The van der Waals surface area contributed by atoms with Crippen LogP contribution in [0.1, 0.15) is 0 Å². The topological polar surface area (TPSA) is 13.1 Å². The van der Waals surface area contributed by atoms with Gasteiger partial charge in [0.15, 0.2) is 0 Å². The lowest BCUT2D eigenvalue weighted by molar-refractivity contribution is 1.18. The predicted octanol–water partition coefficient (Wildman–Crippen LogP) is 19.2. The molecule has 14 aromatic rings. The van der Waals surface area contributed by atoms with Crippen LogP contribution in [0.4, 0.5) is 17.1 Å². The van der Waals surface area contributed by atoms with E-state index in [0.717, 1.165) is 45.0 Å². The highest BCUT2D eigenvalue weighted by Crippen LogP contribution is 2.42. The molecule has 12 aromatic carbocycles. The number of nitrogens with zero attached hydrogens (tertiary/aromatic N) is 3. The van der Waals surface area contributed by atoms with Crippen molar-refractivity contribution in [2.45, 2.75) is 0 Å². The standard InChI is InChI=1S/C70H47N3/c1-4-17-48(18-5-1)49-31-39-60(40-32-49)72-67-28-14-12-26-62(67)64-46-52(35-41-69(64)72)55-43-54(50-33-37-59(38-34-50)71(57-21-6-2-7-22-57)58-23-8-3-9-24-58)44-56(45-55)53-36-42-70-65(47-53)63-27-13-15-29-68(63)73(70)66-30-16-20-51-19-10-11-25-61(51)66/h1-47H. The summed E-state index contributed by atoms with van der Waals surface area (Å²) in [6, 6.07) is 104. The van der Waals surface area contributed by atoms with Crippen molar-refractivity contribution in [1.82, 2.24) is 9.13 Å². The first-order valence-corrected chi connectivity index (χ1v) is 25.1. The van der Waals surface area contributed by atoms with Crippen LogP contribution in [0.15, 0.2) is 285 Å². The van der Waals surface area contributed by atoms with Crippen LogP contribution in [0.2, 0.25) is 0 Å². The first kappa shape index (κ1) is 42.2. The number of hydrogen-bond acceptors (Lipinski definition) is 1. The van der Waals surface area contributed by atoms with Gasteiger partial charge in [-0.3, -0.25) is 0 Å². The fraction of sp³-hybridized carbons (Fsp3) is 0. The molecule has 3 heteroatoms. The van der Waals surface area contributed by atoms with Crippen LogP contribution in [-0.2, 0) is 0 Å². The van der Waals surface area contributed by atoms with Gasteiger partial charge in [-0.05, 0) is 159 Å². The Bertz CT molecular complexity index is 4300. The van der Waals surface area contributed by atoms with Gasteiger partial charge in [-0.15, -0.1) is 0 Å². The van der Waals surface area contributed by atoms with Gasteiger partial charge >= 0.3 is 0 Å². The fourth-order valence-electron chi connectivity index (χ4n) is 11.2. The molecule has 0 radical (unpaired) electrons. The first-order valence-electron chi connectivity index (χ1n) is 25.1. The number of rotatable bonds is 9. The minimum absolute atomic E-state index is 1.10. The molecular formula is C70H47N3. The molecule has 342 valence electrons. The number of benzene rings is 12. The molecular weight excluding hydrogens is 883 g/mol. The molecule has 2 aromatic heterocycles. The normalized spacial score (nSPS) is 11.6. The molecule has 73 heavy (non-hydrogen) atoms. The molecule has 0 unspecified atom stereocenters. The minimum Gasteiger partial charge on any atom is -0.311 e. The molecule has 0 saturated heterocycles. The third-order valence-corrected chi connectivity index (χ3v) is 14.7. The van der Waals surface area contributed by atoms with E-state index in [0.29, 0.717) is 0 Å². The van der Waals surface area contributed by atoms with Gasteiger partial charge in [0.1, 0.15) is 0 Å². The van der Waals surface area contributed by atoms with Crippen molar-refractivity contribution < 1.29 is 0 Å². The number of aromatic nitrogens is 2. The van der Waals surface area contributed by atoms with Crippen LogP contribution in [-0.4, -0.2) is 9.13 Å². The monoisotopic (exact) mass is 929 g/mol. The minimum atomic E-state index is 1.10. The number of anilines is 3. The van der Waals surface area contributed by atoms with Crippen LogP contribution < -0.4 is 4.90 Å². The Morgan fingerprint density at radius 2 is 0.616 bits per heavy atom. The highest BCUT2D eigenvalue weighted by Gasteiger charge is 2.19. The second-order valence-electron chi connectivity index (χ2n) is 18.9. The van der Waals surface area contributed by atoms with Crippen molar-refractivity contribution in [3.63, 3.8) is 0 Å². The Morgan fingerprint density at radius 1 is 0.219 bits per heavy atom. The SMILES string of the molecule is c1ccc(-c2ccc(-n3c4ccccc4c4cc(-c5cc(-c6ccc(N(c7ccccc7)c7ccccc7)cc6)cc(-c6ccc7c(c6)c6ccccc6n7-c6cccc7ccccc67)c5)ccc43)cc2)cc1. The average molecular weight is 930 g/mol. The molecule has 0 aliphatic heterocycles. The van der Waals surface area contributed by atoms with E-state index in [9.17, 15) is 0 Å². The summed E-state index contributed by atoms with van der Waals surface area (Å²) in [6.45, 7) is 0. The van der Waals surface area contributed by atoms with E-state index in [1.165, 1.54) is 82.3 Å². The third kappa shape index (κ3) is 7.37. The number of fused-ring (bicyclic) bond motifs is 7. The van der Waals surface area contributed by atoms with E-state index >= 15 is 0 Å². The predicted molar refractivity (Wildman–Crippen MR) is 309 cm³/mol. The average Bonchev–Trinajstić information content (AvgIpc) is 3.99. The van der Waals surface area contributed by atoms with Gasteiger partial charge in [0.05, 0.1) is 27.8 Å². The fourth-order valence-corrected chi connectivity index (χ4v) is 11.2. The Balaban J connectivity index is 0.931. The molecule has 0 amide bonds. The third-order valence-electron chi connectivity index (χ3n) is 14.7. The second kappa shape index (κ2) is 17.6. The largest absolute Gasteiger partial charge is 0.311 e. The van der Waals surface area contributed by atoms with Gasteiger partial charge in [-0.2, -0.15) is 0 Å². The van der Waals surface area contributed by atoms with Crippen LogP contribution in [0.25, 0.3) is 110 Å². The summed E-state index contributed by atoms with van der Waals surface area (Å²) in [7, 11) is 0. The lowest BCUT2D eigenvalue weighted by Crippen LogP contribution is -2.09. The maximum Gasteiger partial charge on any atom is 0.0541 e. The highest BCUT2D eigenvalue weighted by molar-refractivity contribution is 6.13. The van der Waals surface area contributed by atoms with Crippen LogP contribution in [0, 0.1) is 0 Å². The maximum atomic E-state index is 2.44. The van der Waals surface area contributed by atoms with Crippen LogP contribution in [0.3, 0.4) is 0 Å². The van der Waals surface area contributed by atoms with Gasteiger partial charge in [-0.25, -0.2) is 0 Å². The first-order chi connectivity index (χ1) is 36.2. The Morgan fingerprint density at radius 3 is 1.22 bits per heavy atom. The molecule has 3 nitrogen and oxygen atoms in total. The van der Waals surface area contributed by atoms with E-state index in [-0.39, 0.29) is 0 Å². The summed E-state index contributed by atoms with van der Waals surface area (Å²) >= 11 is 0. The second-order valence-corrected chi connectivity index (χ2v) is 18.9. The van der Waals surface area contributed by atoms with Gasteiger partial charge in [0.25, 0.3) is 0 Å². The summed E-state index contributed by atoms with van der Waals surface area (Å²) in [6.07, 6.45) is 0. The van der Waals surface area contributed by atoms with Crippen molar-refractivity contribution in [3.8, 4) is 55.9 Å². The molecule has 0 N–H and O–H groups in total. The van der Waals surface area contributed by atoms with Gasteiger partial charge in [0.2, 0.25) is 0 Å². The zero-order chi connectivity index (χ0) is 48.2. The van der Waals surface area contributed by atoms with Crippen LogP contribution in [0.5, 0.6) is 0 Å². The van der Waals surface area contributed by atoms with E-state index in [2.05, 4.69) is 299 Å². The smallest absolute Gasteiger partial charge is 0.0541 e. The Hall–Kier alpha value is -9.70. The van der Waals surface area contributed by atoms with Crippen molar-refractivity contribution in [1.29, 1.82) is 0 Å². The van der Waals surface area contributed by atoms with Crippen molar-refractivity contribution in [2.75, 3.05) is 4.90 Å². The summed E-state index contributed by atoms with van der Waals surface area (Å²) < 4.78 is 4.85. The van der Waals surface area contributed by atoms with Crippen molar-refractivity contribution >= 4 is 71.4 Å². The molecule has 0 fully saturated rings. The molecule has 0 spiro atoms. The molecule has 2 heterocycles. The van der Waals surface area contributed by atoms with Crippen molar-refractivity contribution in [2.24, 2.45) is 0 Å². The molecule has 14 rings (SSSR count). The summed E-state index contributed by atoms with van der Waals surface area (Å²) in [5, 5.41) is 7.38. The highest BCUT2D eigenvalue weighted by atomic mass is 15.1. The molecule has 0 atom stereocenters. The zero-order valence-electron chi connectivity index (χ0n) is 40.0. The lowest BCUT2D eigenvalue weighted by Gasteiger charge is -2.25. The molecule has 0 bridgehead atoms. The Labute approximate surface area is 424 Å². The lowest BCUT2D eigenvalue weighted by atomic mass is 9.92. The number of hydrogen-bond donors (Lipinski definition) is 0. The molecule has 0 saturated carbocycles. The maximum absolute atomic E-state index is 2.44. The zero-order valence-corrected chi connectivity index (χ0v) is 40.0. The van der Waals surface area contributed by atoms with Gasteiger partial charge < -0.3 is 14.0 Å².